The Bertz CT molecular complexity index is 1040. The second-order valence-electron chi connectivity index (χ2n) is 6.95. The fourth-order valence-electron chi connectivity index (χ4n) is 2.90. The van der Waals surface area contributed by atoms with E-state index in [1.165, 1.54) is 0 Å². The average molecular weight is 428 g/mol. The zero-order valence-electron chi connectivity index (χ0n) is 16.6. The van der Waals surface area contributed by atoms with Gasteiger partial charge in [0, 0.05) is 6.08 Å². The summed E-state index contributed by atoms with van der Waals surface area (Å²) >= 11 is 0. The van der Waals surface area contributed by atoms with E-state index < -0.39 is 10.1 Å². The summed E-state index contributed by atoms with van der Waals surface area (Å²) in [6.45, 7) is 0.317. The zero-order chi connectivity index (χ0) is 21.2. The first-order valence-electron chi connectivity index (χ1n) is 9.82. The van der Waals surface area contributed by atoms with Crippen LogP contribution >= 0.6 is 0 Å². The van der Waals surface area contributed by atoms with Crippen molar-refractivity contribution in [3.63, 3.8) is 0 Å². The van der Waals surface area contributed by atoms with Gasteiger partial charge in [-0.3, -0.25) is 4.55 Å². The van der Waals surface area contributed by atoms with Gasteiger partial charge in [-0.25, -0.2) is 4.98 Å². The summed E-state index contributed by atoms with van der Waals surface area (Å²) < 4.78 is 41.3. The Morgan fingerprint density at radius 1 is 0.967 bits per heavy atom. The summed E-state index contributed by atoms with van der Waals surface area (Å²) in [5.41, 5.74) is 2.95. The number of unbranched alkanes of at least 4 members (excludes halogenated alkanes) is 2. The highest BCUT2D eigenvalue weighted by Crippen LogP contribution is 2.16. The van der Waals surface area contributed by atoms with Crippen LogP contribution in [0.2, 0.25) is 0 Å². The third kappa shape index (κ3) is 7.85. The van der Waals surface area contributed by atoms with Crippen LogP contribution in [0.15, 0.2) is 65.3 Å². The van der Waals surface area contributed by atoms with Crippen molar-refractivity contribution in [1.29, 1.82) is 0 Å². The van der Waals surface area contributed by atoms with Crippen molar-refractivity contribution in [2.24, 2.45) is 0 Å². The maximum absolute atomic E-state index is 10.7. The van der Waals surface area contributed by atoms with E-state index >= 15 is 0 Å². The van der Waals surface area contributed by atoms with Gasteiger partial charge in [-0.15, -0.1) is 0 Å². The molecule has 0 radical (unpaired) electrons. The van der Waals surface area contributed by atoms with E-state index in [-0.39, 0.29) is 5.75 Å². The highest BCUT2D eigenvalue weighted by Gasteiger charge is 2.05. The van der Waals surface area contributed by atoms with Gasteiger partial charge in [-0.2, -0.15) is 8.42 Å². The van der Waals surface area contributed by atoms with Crippen LogP contribution < -0.4 is 4.74 Å². The summed E-state index contributed by atoms with van der Waals surface area (Å²) in [5.74, 6) is 1.10. The molecule has 1 N–H and O–H groups in total. The normalized spacial score (nSPS) is 11.8. The Kier molecular flexibility index (Phi) is 7.82. The lowest BCUT2D eigenvalue weighted by Gasteiger charge is -2.06. The van der Waals surface area contributed by atoms with Gasteiger partial charge in [0.2, 0.25) is 5.89 Å². The van der Waals surface area contributed by atoms with Crippen molar-refractivity contribution >= 4 is 22.3 Å². The number of benzene rings is 2. The van der Waals surface area contributed by atoms with Crippen LogP contribution in [0.25, 0.3) is 12.2 Å². The lowest BCUT2D eigenvalue weighted by molar-refractivity contribution is 0.301. The van der Waals surface area contributed by atoms with Gasteiger partial charge >= 0.3 is 0 Å². The summed E-state index contributed by atoms with van der Waals surface area (Å²) in [4.78, 5) is 4.39. The van der Waals surface area contributed by atoms with Gasteiger partial charge in [0.15, 0.2) is 0 Å². The molecule has 3 rings (SSSR count). The molecule has 1 aromatic heterocycles. The fraction of sp³-hybridized carbons (Fsp3) is 0.261. The number of hydrogen-bond donors (Lipinski definition) is 1. The molecule has 3 aromatic rings. The highest BCUT2D eigenvalue weighted by atomic mass is 32.2. The van der Waals surface area contributed by atoms with Crippen molar-refractivity contribution in [3.8, 4) is 5.75 Å². The third-order valence-electron chi connectivity index (χ3n) is 4.47. The molecule has 158 valence electrons. The van der Waals surface area contributed by atoms with E-state index in [0.29, 0.717) is 24.6 Å². The lowest BCUT2D eigenvalue weighted by atomic mass is 10.1. The number of aryl methyl sites for hydroxylation is 1. The van der Waals surface area contributed by atoms with E-state index in [1.54, 1.807) is 6.26 Å². The summed E-state index contributed by atoms with van der Waals surface area (Å²) in [6, 6.07) is 17.7. The van der Waals surface area contributed by atoms with Gasteiger partial charge in [0.1, 0.15) is 24.3 Å². The molecule has 0 amide bonds. The number of ether oxygens (including phenoxy) is 1. The quantitative estimate of drug-likeness (QED) is 0.341. The minimum Gasteiger partial charge on any atom is -0.487 e. The molecule has 0 spiro atoms. The number of hydrogen-bond acceptors (Lipinski definition) is 5. The first kappa shape index (κ1) is 21.8. The SMILES string of the molecule is O=S(=O)(O)CCCCCc1ccc(OCc2coc(/C=C/c3ccccc3)n2)cc1. The molecular formula is C23H25NO5S. The van der Waals surface area contributed by atoms with Gasteiger partial charge in [-0.05, 0) is 48.6 Å². The monoisotopic (exact) mass is 427 g/mol. The van der Waals surface area contributed by atoms with Crippen LogP contribution in [-0.2, 0) is 23.1 Å². The van der Waals surface area contributed by atoms with Crippen LogP contribution in [0.1, 0.15) is 42.0 Å². The van der Waals surface area contributed by atoms with Crippen molar-refractivity contribution < 1.29 is 22.1 Å². The minimum atomic E-state index is -3.85. The predicted molar refractivity (Wildman–Crippen MR) is 117 cm³/mol. The lowest BCUT2D eigenvalue weighted by Crippen LogP contribution is -2.03. The first-order chi connectivity index (χ1) is 14.5. The van der Waals surface area contributed by atoms with Crippen LogP contribution in [0.4, 0.5) is 0 Å². The molecule has 1 heterocycles. The molecule has 2 aromatic carbocycles. The standard InChI is InChI=1S/C23H25NO5S/c25-30(26,27)16-6-2-5-9-20-10-13-22(14-11-20)28-17-21-18-29-23(24-21)15-12-19-7-3-1-4-8-19/h1,3-4,7-8,10-15,18H,2,5-6,9,16-17H2,(H,25,26,27)/b15-12+. The van der Waals surface area contributed by atoms with Crippen LogP contribution in [0.5, 0.6) is 5.75 Å². The van der Waals surface area contributed by atoms with Crippen molar-refractivity contribution in [3.05, 3.63) is 83.6 Å². The maximum Gasteiger partial charge on any atom is 0.264 e. The van der Waals surface area contributed by atoms with E-state index in [9.17, 15) is 8.42 Å². The highest BCUT2D eigenvalue weighted by molar-refractivity contribution is 7.85. The van der Waals surface area contributed by atoms with Gasteiger partial charge in [-0.1, -0.05) is 48.9 Å². The average Bonchev–Trinajstić information content (AvgIpc) is 3.19. The molecule has 0 unspecified atom stereocenters. The summed E-state index contributed by atoms with van der Waals surface area (Å²) in [5, 5.41) is 0. The van der Waals surface area contributed by atoms with Gasteiger partial charge < -0.3 is 9.15 Å². The molecule has 0 saturated carbocycles. The Morgan fingerprint density at radius 2 is 1.73 bits per heavy atom. The van der Waals surface area contributed by atoms with Crippen molar-refractivity contribution in [2.45, 2.75) is 32.3 Å². The molecule has 0 aliphatic heterocycles. The second kappa shape index (κ2) is 10.8. The van der Waals surface area contributed by atoms with Crippen LogP contribution in [-0.4, -0.2) is 23.7 Å². The van der Waals surface area contributed by atoms with Gasteiger partial charge in [0.05, 0.1) is 5.75 Å². The molecule has 0 fully saturated rings. The molecule has 0 aliphatic rings. The van der Waals surface area contributed by atoms with E-state index in [4.69, 9.17) is 13.7 Å². The molecule has 0 saturated heterocycles. The molecular weight excluding hydrogens is 402 g/mol. The first-order valence-corrected chi connectivity index (χ1v) is 11.4. The van der Waals surface area contributed by atoms with Crippen molar-refractivity contribution in [1.82, 2.24) is 4.98 Å². The zero-order valence-corrected chi connectivity index (χ0v) is 17.4. The molecule has 30 heavy (non-hydrogen) atoms. The number of oxazole rings is 1. The third-order valence-corrected chi connectivity index (χ3v) is 5.27. The van der Waals surface area contributed by atoms with E-state index in [2.05, 4.69) is 4.98 Å². The number of rotatable bonds is 11. The Balaban J connectivity index is 1.41. The van der Waals surface area contributed by atoms with E-state index in [1.807, 2.05) is 66.7 Å². The Morgan fingerprint density at radius 3 is 2.47 bits per heavy atom. The Hall–Kier alpha value is -2.90. The molecule has 0 atom stereocenters. The molecule has 0 aliphatic carbocycles. The Labute approximate surface area is 177 Å². The molecule has 7 heteroatoms. The minimum absolute atomic E-state index is 0.175. The fourth-order valence-corrected chi connectivity index (χ4v) is 3.47. The van der Waals surface area contributed by atoms with Crippen molar-refractivity contribution in [2.75, 3.05) is 5.75 Å². The van der Waals surface area contributed by atoms with Gasteiger partial charge in [0.25, 0.3) is 10.1 Å². The largest absolute Gasteiger partial charge is 0.487 e. The summed E-state index contributed by atoms with van der Waals surface area (Å²) in [7, 11) is -3.85. The molecule has 6 nitrogen and oxygen atoms in total. The maximum atomic E-state index is 10.7. The van der Waals surface area contributed by atoms with Crippen LogP contribution in [0.3, 0.4) is 0 Å². The second-order valence-corrected chi connectivity index (χ2v) is 8.52. The predicted octanol–water partition coefficient (Wildman–Crippen LogP) is 5.02. The van der Waals surface area contributed by atoms with E-state index in [0.717, 1.165) is 36.1 Å². The summed E-state index contributed by atoms with van der Waals surface area (Å²) in [6.07, 6.45) is 8.30. The smallest absolute Gasteiger partial charge is 0.264 e. The molecule has 0 bridgehead atoms. The number of aromatic nitrogens is 1. The topological polar surface area (TPSA) is 89.6 Å². The number of nitrogens with zero attached hydrogens (tertiary/aromatic N) is 1. The van der Waals surface area contributed by atoms with Crippen LogP contribution in [0, 0.1) is 0 Å².